The molecule has 0 aliphatic heterocycles. The van der Waals surface area contributed by atoms with Crippen LogP contribution in [0.15, 0.2) is 24.5 Å². The number of hydrogen-bond donors (Lipinski definition) is 3. The van der Waals surface area contributed by atoms with Gasteiger partial charge >= 0.3 is 6.18 Å². The number of rotatable bonds is 5. The third-order valence-corrected chi connectivity index (χ3v) is 6.04. The number of hydrogen-bond acceptors (Lipinski definition) is 7. The Balaban J connectivity index is 1.52. The fraction of sp³-hybridized carbons (Fsp3) is 0.455. The minimum atomic E-state index is -4.59. The molecular weight excluding hydrogens is 435 g/mol. The molecule has 2 fully saturated rings. The Labute approximate surface area is 187 Å². The first-order valence-corrected chi connectivity index (χ1v) is 10.9. The van der Waals surface area contributed by atoms with Gasteiger partial charge in [0.1, 0.15) is 0 Å². The third-order valence-electron chi connectivity index (χ3n) is 6.04. The zero-order chi connectivity index (χ0) is 23.2. The molecule has 2 aliphatic carbocycles. The van der Waals surface area contributed by atoms with Crippen molar-refractivity contribution in [2.45, 2.75) is 62.9 Å². The van der Waals surface area contributed by atoms with Crippen LogP contribution in [0.5, 0.6) is 0 Å². The monoisotopic (exact) mass is 457 g/mol. The molecule has 0 radical (unpaired) electrons. The number of halogens is 3. The van der Waals surface area contributed by atoms with Crippen molar-refractivity contribution in [2.24, 2.45) is 0 Å². The summed E-state index contributed by atoms with van der Waals surface area (Å²) in [6.45, 7) is 0. The lowest BCUT2D eigenvalue weighted by atomic mass is 9.93. The molecule has 172 valence electrons. The minimum Gasteiger partial charge on any atom is -0.393 e. The van der Waals surface area contributed by atoms with Crippen LogP contribution in [0.25, 0.3) is 11.2 Å². The Morgan fingerprint density at radius 1 is 1.06 bits per heavy atom. The highest BCUT2D eigenvalue weighted by molar-refractivity contribution is 5.87. The van der Waals surface area contributed by atoms with Crippen LogP contribution in [0.2, 0.25) is 0 Å². The van der Waals surface area contributed by atoms with E-state index in [9.17, 15) is 23.5 Å². The molecule has 0 atom stereocenters. The molecule has 5 rings (SSSR count). The SMILES string of the molecule is N#Cc1cc(Nc2nc(NC3CCC(O)CC3)nc3c2ncn3C2CC2)cc(C(F)(F)F)c1. The molecule has 8 nitrogen and oxygen atoms in total. The smallest absolute Gasteiger partial charge is 0.393 e. The molecule has 1 aromatic carbocycles. The van der Waals surface area contributed by atoms with Crippen molar-refractivity contribution in [2.75, 3.05) is 10.6 Å². The first kappa shape index (κ1) is 21.5. The van der Waals surface area contributed by atoms with Gasteiger partial charge in [-0.2, -0.15) is 28.4 Å². The summed E-state index contributed by atoms with van der Waals surface area (Å²) in [5.74, 6) is 0.613. The van der Waals surface area contributed by atoms with Crippen LogP contribution < -0.4 is 10.6 Å². The predicted octanol–water partition coefficient (Wildman–Crippen LogP) is 4.51. The van der Waals surface area contributed by atoms with Crippen LogP contribution in [0.1, 0.15) is 55.7 Å². The quantitative estimate of drug-likeness (QED) is 0.517. The summed E-state index contributed by atoms with van der Waals surface area (Å²) >= 11 is 0. The topological polar surface area (TPSA) is 112 Å². The van der Waals surface area contributed by atoms with Crippen molar-refractivity contribution in [3.05, 3.63) is 35.7 Å². The Morgan fingerprint density at radius 2 is 1.82 bits per heavy atom. The maximum Gasteiger partial charge on any atom is 0.416 e. The number of alkyl halides is 3. The fourth-order valence-electron chi connectivity index (χ4n) is 4.16. The Hall–Kier alpha value is -3.39. The van der Waals surface area contributed by atoms with E-state index in [-0.39, 0.29) is 29.2 Å². The maximum absolute atomic E-state index is 13.3. The lowest BCUT2D eigenvalue weighted by molar-refractivity contribution is -0.137. The van der Waals surface area contributed by atoms with Crippen molar-refractivity contribution in [3.63, 3.8) is 0 Å². The summed E-state index contributed by atoms with van der Waals surface area (Å²) in [5.41, 5.74) is 0.106. The average Bonchev–Trinajstić information content (AvgIpc) is 3.53. The molecule has 2 aliphatic rings. The summed E-state index contributed by atoms with van der Waals surface area (Å²) in [4.78, 5) is 13.6. The number of aromatic nitrogens is 4. The number of anilines is 3. The molecule has 0 saturated heterocycles. The Kier molecular flexibility index (Phi) is 5.32. The Morgan fingerprint density at radius 3 is 2.48 bits per heavy atom. The number of imidazole rings is 1. The molecule has 0 spiro atoms. The van der Waals surface area contributed by atoms with Gasteiger partial charge in [0, 0.05) is 17.8 Å². The second-order valence-electron chi connectivity index (χ2n) is 8.63. The second-order valence-corrected chi connectivity index (χ2v) is 8.63. The fourth-order valence-corrected chi connectivity index (χ4v) is 4.16. The van der Waals surface area contributed by atoms with E-state index < -0.39 is 11.7 Å². The molecule has 3 N–H and O–H groups in total. The van der Waals surface area contributed by atoms with Gasteiger partial charge in [-0.05, 0) is 56.7 Å². The van der Waals surface area contributed by atoms with Crippen LogP contribution in [-0.2, 0) is 6.18 Å². The van der Waals surface area contributed by atoms with E-state index in [0.29, 0.717) is 36.0 Å². The largest absolute Gasteiger partial charge is 0.416 e. The van der Waals surface area contributed by atoms with Crippen LogP contribution in [0.3, 0.4) is 0 Å². The normalized spacial score (nSPS) is 21.1. The lowest BCUT2D eigenvalue weighted by Gasteiger charge is -2.26. The third kappa shape index (κ3) is 4.57. The van der Waals surface area contributed by atoms with Crippen molar-refractivity contribution in [1.82, 2.24) is 19.5 Å². The lowest BCUT2D eigenvalue weighted by Crippen LogP contribution is -2.29. The van der Waals surface area contributed by atoms with Gasteiger partial charge in [0.2, 0.25) is 5.95 Å². The number of nitriles is 1. The summed E-state index contributed by atoms with van der Waals surface area (Å²) in [7, 11) is 0. The number of aliphatic hydroxyl groups excluding tert-OH is 1. The molecule has 2 aromatic heterocycles. The summed E-state index contributed by atoms with van der Waals surface area (Å²) in [6.07, 6.45) is 1.74. The van der Waals surface area contributed by atoms with Gasteiger partial charge in [-0.25, -0.2) is 4.98 Å². The van der Waals surface area contributed by atoms with Crippen molar-refractivity contribution in [1.29, 1.82) is 5.26 Å². The molecule has 2 heterocycles. The predicted molar refractivity (Wildman–Crippen MR) is 115 cm³/mol. The molecule has 0 amide bonds. The highest BCUT2D eigenvalue weighted by Crippen LogP contribution is 2.38. The van der Waals surface area contributed by atoms with Gasteiger partial charge in [-0.15, -0.1) is 0 Å². The highest BCUT2D eigenvalue weighted by atomic mass is 19.4. The Bertz CT molecular complexity index is 1220. The van der Waals surface area contributed by atoms with Gasteiger partial charge in [0.25, 0.3) is 0 Å². The van der Waals surface area contributed by atoms with Crippen LogP contribution in [-0.4, -0.2) is 36.8 Å². The van der Waals surface area contributed by atoms with Crippen molar-refractivity contribution < 1.29 is 18.3 Å². The van der Waals surface area contributed by atoms with Crippen LogP contribution >= 0.6 is 0 Å². The van der Waals surface area contributed by atoms with E-state index in [1.54, 1.807) is 12.4 Å². The average molecular weight is 457 g/mol. The standard InChI is InChI=1S/C22H22F3N7O/c23-22(24,25)13-7-12(10-26)8-15(9-13)28-19-18-20(32(11-27-18)16-3-4-16)31-21(30-19)29-14-1-5-17(33)6-2-14/h7-9,11,14,16-17,33H,1-6H2,(H2,28,29,30,31). The van der Waals surface area contributed by atoms with Gasteiger partial charge in [0.05, 0.1) is 29.6 Å². The van der Waals surface area contributed by atoms with Gasteiger partial charge < -0.3 is 20.3 Å². The molecule has 33 heavy (non-hydrogen) atoms. The highest BCUT2D eigenvalue weighted by Gasteiger charge is 2.32. The van der Waals surface area contributed by atoms with Gasteiger partial charge in [-0.1, -0.05) is 0 Å². The maximum atomic E-state index is 13.3. The summed E-state index contributed by atoms with van der Waals surface area (Å²) < 4.78 is 41.9. The first-order chi connectivity index (χ1) is 15.8. The van der Waals surface area contributed by atoms with E-state index in [0.717, 1.165) is 37.8 Å². The number of aliphatic hydroxyl groups is 1. The molecule has 11 heteroatoms. The zero-order valence-corrected chi connectivity index (χ0v) is 17.6. The second kappa shape index (κ2) is 8.19. The van der Waals surface area contributed by atoms with Crippen molar-refractivity contribution >= 4 is 28.6 Å². The number of nitrogens with one attached hydrogen (secondary N) is 2. The van der Waals surface area contributed by atoms with E-state index in [2.05, 4.69) is 25.6 Å². The van der Waals surface area contributed by atoms with E-state index >= 15 is 0 Å². The number of fused-ring (bicyclic) bond motifs is 1. The molecule has 0 unspecified atom stereocenters. The molecular formula is C22H22F3N7O. The van der Waals surface area contributed by atoms with Crippen molar-refractivity contribution in [3.8, 4) is 6.07 Å². The molecule has 2 saturated carbocycles. The summed E-state index contributed by atoms with van der Waals surface area (Å²) in [6, 6.07) is 5.27. The zero-order valence-electron chi connectivity index (χ0n) is 17.6. The molecule has 3 aromatic rings. The number of benzene rings is 1. The van der Waals surface area contributed by atoms with E-state index in [1.807, 2.05) is 4.57 Å². The van der Waals surface area contributed by atoms with Gasteiger partial charge in [-0.3, -0.25) is 0 Å². The minimum absolute atomic E-state index is 0.0917. The first-order valence-electron chi connectivity index (χ1n) is 10.9. The summed E-state index contributed by atoms with van der Waals surface area (Å²) in [5, 5.41) is 25.2. The number of nitrogens with zero attached hydrogens (tertiary/aromatic N) is 5. The van der Waals surface area contributed by atoms with Gasteiger partial charge in [0.15, 0.2) is 17.0 Å². The van der Waals surface area contributed by atoms with E-state index in [4.69, 9.17) is 0 Å². The van der Waals surface area contributed by atoms with E-state index in [1.165, 1.54) is 6.07 Å². The molecule has 0 bridgehead atoms. The van der Waals surface area contributed by atoms with Crippen LogP contribution in [0, 0.1) is 11.3 Å². The van der Waals surface area contributed by atoms with Crippen LogP contribution in [0.4, 0.5) is 30.6 Å².